The summed E-state index contributed by atoms with van der Waals surface area (Å²) < 4.78 is 43.2. The van der Waals surface area contributed by atoms with Crippen LogP contribution in [0, 0.1) is 13.8 Å². The Morgan fingerprint density at radius 2 is 1.97 bits per heavy atom. The molecule has 0 aliphatic carbocycles. The molecule has 0 fully saturated rings. The number of nitrogens with two attached hydrogens (primary N) is 1. The Kier molecular flexibility index (Phi) is 6.24. The minimum absolute atomic E-state index is 0.0151. The van der Waals surface area contributed by atoms with Crippen LogP contribution in [0.25, 0.3) is 5.82 Å². The van der Waals surface area contributed by atoms with E-state index >= 15 is 0 Å². The predicted octanol–water partition coefficient (Wildman–Crippen LogP) is 3.66. The van der Waals surface area contributed by atoms with Gasteiger partial charge < -0.3 is 15.3 Å². The Balaban J connectivity index is 1.59. The first-order valence-corrected chi connectivity index (χ1v) is 8.95. The molecule has 0 saturated carbocycles. The van der Waals surface area contributed by atoms with Crippen LogP contribution in [0.2, 0.25) is 0 Å². The zero-order valence-electron chi connectivity index (χ0n) is 16.3. The quantitative estimate of drug-likeness (QED) is 0.359. The Bertz CT molecular complexity index is 1030. The van der Waals surface area contributed by atoms with E-state index in [1.54, 1.807) is 35.1 Å². The van der Waals surface area contributed by atoms with Gasteiger partial charge in [-0.05, 0) is 49.7 Å². The molecule has 30 heavy (non-hydrogen) atoms. The maximum absolute atomic E-state index is 12.2. The average molecular weight is 419 g/mol. The minimum Gasteiger partial charge on any atom is -0.484 e. The minimum atomic E-state index is -4.40. The summed E-state index contributed by atoms with van der Waals surface area (Å²) in [6.45, 7) is 2.49. The molecule has 0 saturated heterocycles. The second-order valence-corrected chi connectivity index (χ2v) is 6.55. The van der Waals surface area contributed by atoms with Crippen molar-refractivity contribution in [1.29, 1.82) is 0 Å². The van der Waals surface area contributed by atoms with Gasteiger partial charge >= 0.3 is 6.18 Å². The molecule has 0 aliphatic heterocycles. The lowest BCUT2D eigenvalue weighted by Gasteiger charge is -2.10. The van der Waals surface area contributed by atoms with E-state index in [0.29, 0.717) is 16.9 Å². The third-order valence-electron chi connectivity index (χ3n) is 3.97. The summed E-state index contributed by atoms with van der Waals surface area (Å²) in [6, 6.07) is 11.6. The summed E-state index contributed by atoms with van der Waals surface area (Å²) >= 11 is 0. The van der Waals surface area contributed by atoms with E-state index in [1.165, 1.54) is 12.1 Å². The van der Waals surface area contributed by atoms with E-state index in [-0.39, 0.29) is 18.2 Å². The number of aryl methyl sites for hydroxylation is 2. The van der Waals surface area contributed by atoms with Crippen LogP contribution < -0.4 is 10.5 Å². The number of hydrogen-bond acceptors (Lipinski definition) is 5. The molecule has 0 aliphatic rings. The molecule has 2 aromatic heterocycles. The van der Waals surface area contributed by atoms with Crippen LogP contribution in [-0.2, 0) is 11.4 Å². The molecule has 3 aromatic rings. The molecule has 3 rings (SSSR count). The van der Waals surface area contributed by atoms with Gasteiger partial charge in [-0.1, -0.05) is 17.3 Å². The molecule has 0 bridgehead atoms. The molecule has 0 spiro atoms. The van der Waals surface area contributed by atoms with Crippen LogP contribution >= 0.6 is 0 Å². The summed E-state index contributed by atoms with van der Waals surface area (Å²) in [5.41, 5.74) is 8.91. The lowest BCUT2D eigenvalue weighted by Crippen LogP contribution is -2.19. The number of nitrogens with zero attached hydrogens (tertiary/aromatic N) is 4. The SMILES string of the molecule is Cc1cc(C)n(-c2ccc(/C(N)=N/OCc3cccc(OCC(F)(F)F)c3)cn2)n1. The first kappa shape index (κ1) is 21.2. The van der Waals surface area contributed by atoms with Crippen LogP contribution in [0.15, 0.2) is 53.8 Å². The number of aromatic nitrogens is 3. The van der Waals surface area contributed by atoms with Crippen molar-refractivity contribution in [1.82, 2.24) is 14.8 Å². The van der Waals surface area contributed by atoms with E-state index < -0.39 is 12.8 Å². The number of alkyl halides is 3. The Morgan fingerprint density at radius 1 is 1.17 bits per heavy atom. The number of amidine groups is 1. The van der Waals surface area contributed by atoms with Crippen LogP contribution in [0.1, 0.15) is 22.5 Å². The van der Waals surface area contributed by atoms with E-state index in [1.807, 2.05) is 19.9 Å². The third-order valence-corrected chi connectivity index (χ3v) is 3.97. The van der Waals surface area contributed by atoms with Crippen molar-refractivity contribution in [2.45, 2.75) is 26.6 Å². The highest BCUT2D eigenvalue weighted by atomic mass is 19.4. The van der Waals surface area contributed by atoms with Crippen molar-refractivity contribution in [2.24, 2.45) is 10.9 Å². The second-order valence-electron chi connectivity index (χ2n) is 6.55. The maximum atomic E-state index is 12.2. The smallest absolute Gasteiger partial charge is 0.422 e. The summed E-state index contributed by atoms with van der Waals surface area (Å²) in [5.74, 6) is 0.856. The summed E-state index contributed by atoms with van der Waals surface area (Å²) in [6.07, 6.45) is -2.84. The maximum Gasteiger partial charge on any atom is 0.422 e. The number of oxime groups is 1. The molecular weight excluding hydrogens is 399 g/mol. The van der Waals surface area contributed by atoms with E-state index in [9.17, 15) is 13.2 Å². The molecule has 2 heterocycles. The molecule has 7 nitrogen and oxygen atoms in total. The lowest BCUT2D eigenvalue weighted by molar-refractivity contribution is -0.153. The monoisotopic (exact) mass is 419 g/mol. The van der Waals surface area contributed by atoms with Crippen molar-refractivity contribution < 1.29 is 22.7 Å². The summed E-state index contributed by atoms with van der Waals surface area (Å²) in [5, 5.41) is 8.21. The standard InChI is InChI=1S/C20H20F3N5O2/c1-13-8-14(2)28(26-13)18-7-6-16(10-25-18)19(24)27-30-11-15-4-3-5-17(9-15)29-12-20(21,22)23/h3-10H,11-12H2,1-2H3,(H2,24,27). The number of rotatable bonds is 7. The number of pyridine rings is 1. The number of halogens is 3. The van der Waals surface area contributed by atoms with Crippen LogP contribution in [0.4, 0.5) is 13.2 Å². The molecule has 1 aromatic carbocycles. The van der Waals surface area contributed by atoms with Gasteiger partial charge in [-0.15, -0.1) is 0 Å². The summed E-state index contributed by atoms with van der Waals surface area (Å²) in [7, 11) is 0. The van der Waals surface area contributed by atoms with Crippen molar-refractivity contribution in [3.8, 4) is 11.6 Å². The molecule has 0 atom stereocenters. The largest absolute Gasteiger partial charge is 0.484 e. The van der Waals surface area contributed by atoms with Gasteiger partial charge in [0.15, 0.2) is 18.3 Å². The molecule has 0 radical (unpaired) electrons. The molecular formula is C20H20F3N5O2. The highest BCUT2D eigenvalue weighted by molar-refractivity contribution is 5.96. The van der Waals surface area contributed by atoms with Gasteiger partial charge in [-0.2, -0.15) is 18.3 Å². The van der Waals surface area contributed by atoms with Crippen molar-refractivity contribution in [3.63, 3.8) is 0 Å². The molecule has 10 heteroatoms. The topological polar surface area (TPSA) is 87.6 Å². The van der Waals surface area contributed by atoms with Gasteiger partial charge in [0.2, 0.25) is 0 Å². The molecule has 2 N–H and O–H groups in total. The zero-order chi connectivity index (χ0) is 21.7. The fraction of sp³-hybridized carbons (Fsp3) is 0.250. The van der Waals surface area contributed by atoms with E-state index in [4.69, 9.17) is 15.3 Å². The first-order valence-electron chi connectivity index (χ1n) is 8.95. The first-order chi connectivity index (χ1) is 14.2. The Labute approximate surface area is 170 Å². The van der Waals surface area contributed by atoms with Crippen LogP contribution in [0.3, 0.4) is 0 Å². The number of ether oxygens (including phenoxy) is 1. The Hall–Kier alpha value is -3.56. The van der Waals surface area contributed by atoms with E-state index in [0.717, 1.165) is 11.4 Å². The van der Waals surface area contributed by atoms with Crippen molar-refractivity contribution >= 4 is 5.84 Å². The fourth-order valence-electron chi connectivity index (χ4n) is 2.64. The van der Waals surface area contributed by atoms with Gasteiger partial charge in [-0.25, -0.2) is 9.67 Å². The Morgan fingerprint density at radius 3 is 2.60 bits per heavy atom. The molecule has 0 unspecified atom stereocenters. The van der Waals surface area contributed by atoms with Gasteiger partial charge in [0.05, 0.1) is 5.69 Å². The summed E-state index contributed by atoms with van der Waals surface area (Å²) in [4.78, 5) is 9.55. The number of hydrogen-bond donors (Lipinski definition) is 1. The molecule has 0 amide bonds. The van der Waals surface area contributed by atoms with Crippen molar-refractivity contribution in [2.75, 3.05) is 6.61 Å². The van der Waals surface area contributed by atoms with Crippen LogP contribution in [0.5, 0.6) is 5.75 Å². The van der Waals surface area contributed by atoms with Crippen molar-refractivity contribution in [3.05, 3.63) is 71.2 Å². The molecule has 158 valence electrons. The van der Waals surface area contributed by atoms with Gasteiger partial charge in [0.1, 0.15) is 12.4 Å². The highest BCUT2D eigenvalue weighted by Gasteiger charge is 2.28. The zero-order valence-corrected chi connectivity index (χ0v) is 16.3. The normalized spacial score (nSPS) is 12.1. The fourth-order valence-corrected chi connectivity index (χ4v) is 2.64. The lowest BCUT2D eigenvalue weighted by atomic mass is 10.2. The predicted molar refractivity (Wildman–Crippen MR) is 104 cm³/mol. The van der Waals surface area contributed by atoms with E-state index in [2.05, 4.69) is 15.2 Å². The van der Waals surface area contributed by atoms with Gasteiger partial charge in [0.25, 0.3) is 0 Å². The average Bonchev–Trinajstić information content (AvgIpc) is 3.04. The second kappa shape index (κ2) is 8.85. The number of benzene rings is 1. The third kappa shape index (κ3) is 5.72. The highest BCUT2D eigenvalue weighted by Crippen LogP contribution is 2.19. The van der Waals surface area contributed by atoms with Crippen LogP contribution in [-0.4, -0.2) is 33.4 Å². The van der Waals surface area contributed by atoms with Gasteiger partial charge in [0, 0.05) is 17.5 Å². The van der Waals surface area contributed by atoms with Gasteiger partial charge in [-0.3, -0.25) is 0 Å².